The van der Waals surface area contributed by atoms with E-state index in [1.165, 1.54) is 51.4 Å². The molecule has 0 N–H and O–H groups in total. The molecule has 0 aromatic rings. The zero-order valence-electron chi connectivity index (χ0n) is 9.44. The van der Waals surface area contributed by atoms with E-state index in [-0.39, 0.29) is 18.9 Å². The Morgan fingerprint density at radius 2 is 1.31 bits per heavy atom. The van der Waals surface area contributed by atoms with Crippen molar-refractivity contribution in [3.63, 3.8) is 0 Å². The van der Waals surface area contributed by atoms with Gasteiger partial charge >= 0.3 is 0 Å². The molecule has 0 atom stereocenters. The Balaban J connectivity index is 0. The van der Waals surface area contributed by atoms with Gasteiger partial charge in [0.15, 0.2) is 0 Å². The van der Waals surface area contributed by atoms with Crippen molar-refractivity contribution in [2.24, 2.45) is 0 Å². The Bertz CT molecular complexity index is 113. The van der Waals surface area contributed by atoms with Crippen LogP contribution in [0.4, 0.5) is 0 Å². The van der Waals surface area contributed by atoms with Crippen molar-refractivity contribution in [2.75, 3.05) is 0 Å². The molecule has 0 nitrogen and oxygen atoms in total. The molecule has 1 radical (unpaired) electrons. The SMILES string of the molecule is C#CCCCCCCCCCC.[Li]. The molecular formula is C12H22Li. The van der Waals surface area contributed by atoms with Crippen LogP contribution in [-0.2, 0) is 0 Å². The van der Waals surface area contributed by atoms with Crippen LogP contribution in [0.25, 0.3) is 0 Å². The van der Waals surface area contributed by atoms with Crippen LogP contribution in [0, 0.1) is 12.3 Å². The second-order valence-corrected chi connectivity index (χ2v) is 3.43. The summed E-state index contributed by atoms with van der Waals surface area (Å²) >= 11 is 0. The van der Waals surface area contributed by atoms with Crippen LogP contribution in [0.2, 0.25) is 0 Å². The molecule has 0 aliphatic rings. The third kappa shape index (κ3) is 15.0. The summed E-state index contributed by atoms with van der Waals surface area (Å²) in [5.74, 6) is 2.68. The van der Waals surface area contributed by atoms with Gasteiger partial charge in [-0.3, -0.25) is 0 Å². The summed E-state index contributed by atoms with van der Waals surface area (Å²) in [4.78, 5) is 0. The fraction of sp³-hybridized carbons (Fsp3) is 0.833. The zero-order chi connectivity index (χ0) is 9.07. The van der Waals surface area contributed by atoms with E-state index in [9.17, 15) is 0 Å². The monoisotopic (exact) mass is 173 g/mol. The van der Waals surface area contributed by atoms with Crippen molar-refractivity contribution in [3.8, 4) is 12.3 Å². The van der Waals surface area contributed by atoms with E-state index in [2.05, 4.69) is 12.8 Å². The Hall–Kier alpha value is 0.157. The number of terminal acetylenes is 1. The second-order valence-electron chi connectivity index (χ2n) is 3.43. The molecule has 71 valence electrons. The van der Waals surface area contributed by atoms with Crippen molar-refractivity contribution in [2.45, 2.75) is 64.7 Å². The summed E-state index contributed by atoms with van der Waals surface area (Å²) in [7, 11) is 0. The summed E-state index contributed by atoms with van der Waals surface area (Å²) in [6.45, 7) is 2.26. The fourth-order valence-electron chi connectivity index (χ4n) is 1.36. The van der Waals surface area contributed by atoms with Gasteiger partial charge in [0.1, 0.15) is 0 Å². The molecule has 0 spiro atoms. The van der Waals surface area contributed by atoms with Crippen LogP contribution in [0.1, 0.15) is 64.7 Å². The number of rotatable bonds is 8. The molecule has 0 bridgehead atoms. The van der Waals surface area contributed by atoms with Gasteiger partial charge < -0.3 is 0 Å². The standard InChI is InChI=1S/C12H22.Li/c1-3-5-7-9-11-12-10-8-6-4-2;/h1H,4-12H2,2H3;. The maximum Gasteiger partial charge on any atom is 0.00860 e. The number of hydrogen-bond donors (Lipinski definition) is 0. The van der Waals surface area contributed by atoms with E-state index in [1.54, 1.807) is 0 Å². The van der Waals surface area contributed by atoms with E-state index in [4.69, 9.17) is 6.42 Å². The zero-order valence-corrected chi connectivity index (χ0v) is 9.44. The van der Waals surface area contributed by atoms with Crippen LogP contribution < -0.4 is 0 Å². The van der Waals surface area contributed by atoms with Gasteiger partial charge in [0.05, 0.1) is 0 Å². The average Bonchev–Trinajstić information content (AvgIpc) is 2.10. The molecule has 0 amide bonds. The average molecular weight is 173 g/mol. The predicted molar refractivity (Wildman–Crippen MR) is 61.8 cm³/mol. The van der Waals surface area contributed by atoms with E-state index in [1.807, 2.05) is 0 Å². The van der Waals surface area contributed by atoms with Crippen LogP contribution in [0.15, 0.2) is 0 Å². The molecule has 1 heteroatoms. The normalized spacial score (nSPS) is 8.92. The van der Waals surface area contributed by atoms with Gasteiger partial charge in [0.25, 0.3) is 0 Å². The summed E-state index contributed by atoms with van der Waals surface area (Å²) in [5, 5.41) is 0. The Morgan fingerprint density at radius 1 is 0.846 bits per heavy atom. The summed E-state index contributed by atoms with van der Waals surface area (Å²) in [6.07, 6.45) is 17.1. The van der Waals surface area contributed by atoms with Crippen molar-refractivity contribution in [1.82, 2.24) is 0 Å². The van der Waals surface area contributed by atoms with Crippen LogP contribution in [0.5, 0.6) is 0 Å². The van der Waals surface area contributed by atoms with Crippen molar-refractivity contribution in [3.05, 3.63) is 0 Å². The van der Waals surface area contributed by atoms with Gasteiger partial charge in [-0.15, -0.1) is 12.3 Å². The van der Waals surface area contributed by atoms with Crippen LogP contribution in [0.3, 0.4) is 0 Å². The van der Waals surface area contributed by atoms with E-state index < -0.39 is 0 Å². The molecular weight excluding hydrogens is 151 g/mol. The van der Waals surface area contributed by atoms with Crippen LogP contribution >= 0.6 is 0 Å². The van der Waals surface area contributed by atoms with Gasteiger partial charge in [0.2, 0.25) is 0 Å². The number of unbranched alkanes of at least 4 members (excludes halogenated alkanes) is 8. The molecule has 0 fully saturated rings. The maximum atomic E-state index is 5.16. The summed E-state index contributed by atoms with van der Waals surface area (Å²) < 4.78 is 0. The van der Waals surface area contributed by atoms with E-state index in [0.29, 0.717) is 0 Å². The summed E-state index contributed by atoms with van der Waals surface area (Å²) in [6, 6.07) is 0. The van der Waals surface area contributed by atoms with Crippen molar-refractivity contribution >= 4 is 18.9 Å². The van der Waals surface area contributed by atoms with E-state index in [0.717, 1.165) is 6.42 Å². The van der Waals surface area contributed by atoms with Crippen LogP contribution in [-0.4, -0.2) is 18.9 Å². The molecule has 13 heavy (non-hydrogen) atoms. The number of hydrogen-bond acceptors (Lipinski definition) is 0. The first-order valence-electron chi connectivity index (χ1n) is 5.35. The van der Waals surface area contributed by atoms with Gasteiger partial charge in [0, 0.05) is 25.3 Å². The fourth-order valence-corrected chi connectivity index (χ4v) is 1.36. The molecule has 0 heterocycles. The largest absolute Gasteiger partial charge is 0.120 e. The minimum Gasteiger partial charge on any atom is -0.120 e. The minimum absolute atomic E-state index is 0. The maximum absolute atomic E-state index is 5.16. The molecule has 0 saturated heterocycles. The van der Waals surface area contributed by atoms with E-state index >= 15 is 0 Å². The Kier molecular flexibility index (Phi) is 17.6. The first-order valence-corrected chi connectivity index (χ1v) is 5.35. The quantitative estimate of drug-likeness (QED) is 0.298. The van der Waals surface area contributed by atoms with Crippen molar-refractivity contribution in [1.29, 1.82) is 0 Å². The smallest absolute Gasteiger partial charge is 0.00860 e. The topological polar surface area (TPSA) is 0 Å². The second kappa shape index (κ2) is 14.7. The molecule has 0 aromatic heterocycles. The minimum atomic E-state index is 0. The molecule has 0 rings (SSSR count). The third-order valence-corrected chi connectivity index (χ3v) is 2.17. The molecule has 0 saturated carbocycles. The Labute approximate surface area is 96.1 Å². The van der Waals surface area contributed by atoms with Gasteiger partial charge in [-0.2, -0.15) is 0 Å². The predicted octanol–water partition coefficient (Wildman–Crippen LogP) is 3.77. The first kappa shape index (κ1) is 15.6. The van der Waals surface area contributed by atoms with Crippen molar-refractivity contribution < 1.29 is 0 Å². The molecule has 0 aromatic carbocycles. The van der Waals surface area contributed by atoms with Gasteiger partial charge in [-0.05, 0) is 6.42 Å². The van der Waals surface area contributed by atoms with Gasteiger partial charge in [-0.25, -0.2) is 0 Å². The molecule has 0 unspecified atom stereocenters. The summed E-state index contributed by atoms with van der Waals surface area (Å²) in [5.41, 5.74) is 0. The third-order valence-electron chi connectivity index (χ3n) is 2.17. The molecule has 0 aliphatic carbocycles. The van der Waals surface area contributed by atoms with Gasteiger partial charge in [-0.1, -0.05) is 51.9 Å². The molecule has 0 aliphatic heterocycles. The Morgan fingerprint density at radius 3 is 1.77 bits per heavy atom. The first-order chi connectivity index (χ1) is 5.91.